The molecule has 1 heterocycles. The van der Waals surface area contributed by atoms with Crippen LogP contribution in [0.5, 0.6) is 0 Å². The van der Waals surface area contributed by atoms with Crippen molar-refractivity contribution in [3.05, 3.63) is 11.1 Å². The number of esters is 1. The van der Waals surface area contributed by atoms with Gasteiger partial charge in [0.1, 0.15) is 0 Å². The maximum atomic E-state index is 10.9. The molecule has 0 aromatic carbocycles. The molecule has 0 aromatic heterocycles. The minimum absolute atomic E-state index is 0.269. The van der Waals surface area contributed by atoms with Gasteiger partial charge in [-0.3, -0.25) is 9.59 Å². The minimum Gasteiger partial charge on any atom is -0.468 e. The predicted octanol–water partition coefficient (Wildman–Crippen LogP) is 0.509. The molecule has 0 aromatic rings. The van der Waals surface area contributed by atoms with Crippen molar-refractivity contribution in [2.24, 2.45) is 10.9 Å². The number of hydrogen-bond donors (Lipinski definition) is 0. The number of nitrogens with zero attached hydrogens (tertiary/aromatic N) is 1. The third-order valence-corrected chi connectivity index (χ3v) is 1.59. The zero-order valence-corrected chi connectivity index (χ0v) is 7.04. The Labute approximate surface area is 73.9 Å². The summed E-state index contributed by atoms with van der Waals surface area (Å²) in [5.74, 6) is -2.17. The summed E-state index contributed by atoms with van der Waals surface area (Å²) >= 11 is 5.53. The largest absolute Gasteiger partial charge is 0.468 e. The number of rotatable bonds is 1. The first-order valence-electron chi connectivity index (χ1n) is 3.18. The van der Waals surface area contributed by atoms with Crippen molar-refractivity contribution >= 4 is 29.7 Å². The summed E-state index contributed by atoms with van der Waals surface area (Å²) in [7, 11) is 1.20. The molecule has 1 unspecified atom stereocenters. The highest BCUT2D eigenvalue weighted by atomic mass is 35.5. The average molecular weight is 188 g/mol. The molecule has 64 valence electrons. The average Bonchev–Trinajstić information content (AvgIpc) is 2.08. The second kappa shape index (κ2) is 3.49. The van der Waals surface area contributed by atoms with E-state index < -0.39 is 17.8 Å². The highest BCUT2D eigenvalue weighted by Gasteiger charge is 2.27. The Hall–Kier alpha value is -1.16. The van der Waals surface area contributed by atoms with Crippen molar-refractivity contribution < 1.29 is 14.3 Å². The van der Waals surface area contributed by atoms with E-state index in [0.29, 0.717) is 0 Å². The van der Waals surface area contributed by atoms with Crippen molar-refractivity contribution in [1.82, 2.24) is 0 Å². The third kappa shape index (κ3) is 1.71. The van der Waals surface area contributed by atoms with Crippen molar-refractivity contribution in [1.29, 1.82) is 0 Å². The summed E-state index contributed by atoms with van der Waals surface area (Å²) in [5, 5.41) is 0.269. The van der Waals surface area contributed by atoms with Gasteiger partial charge in [0, 0.05) is 6.21 Å². The molecule has 4 nitrogen and oxygen atoms in total. The number of methoxy groups -OCH3 is 1. The molecule has 0 saturated heterocycles. The van der Waals surface area contributed by atoms with E-state index in [2.05, 4.69) is 9.73 Å². The molecule has 0 saturated carbocycles. The SMILES string of the molecule is COC(=O)C1C=C(Cl)C=NC1=O. The Morgan fingerprint density at radius 2 is 2.42 bits per heavy atom. The second-order valence-electron chi connectivity index (χ2n) is 2.15. The highest BCUT2D eigenvalue weighted by molar-refractivity contribution is 6.40. The number of allylic oxidation sites excluding steroid dienone is 1. The number of hydrogen-bond acceptors (Lipinski definition) is 3. The fraction of sp³-hybridized carbons (Fsp3) is 0.286. The minimum atomic E-state index is -0.979. The van der Waals surface area contributed by atoms with Gasteiger partial charge in [0.25, 0.3) is 5.91 Å². The van der Waals surface area contributed by atoms with E-state index in [4.69, 9.17) is 11.6 Å². The van der Waals surface area contributed by atoms with Crippen LogP contribution in [-0.2, 0) is 14.3 Å². The Kier molecular flexibility index (Phi) is 2.60. The monoisotopic (exact) mass is 187 g/mol. The molecule has 1 aliphatic rings. The Balaban J connectivity index is 2.84. The van der Waals surface area contributed by atoms with Crippen LogP contribution in [-0.4, -0.2) is 25.2 Å². The molecule has 0 radical (unpaired) electrons. The van der Waals surface area contributed by atoms with E-state index in [1.165, 1.54) is 19.4 Å². The molecular formula is C7H6ClNO3. The molecule has 1 rings (SSSR count). The highest BCUT2D eigenvalue weighted by Crippen LogP contribution is 2.14. The van der Waals surface area contributed by atoms with Crippen molar-refractivity contribution in [2.45, 2.75) is 0 Å². The van der Waals surface area contributed by atoms with E-state index in [9.17, 15) is 9.59 Å². The molecule has 0 fully saturated rings. The molecule has 0 aliphatic carbocycles. The Bertz CT molecular complexity index is 282. The quantitative estimate of drug-likeness (QED) is 0.444. The Morgan fingerprint density at radius 1 is 1.75 bits per heavy atom. The molecule has 5 heteroatoms. The second-order valence-corrected chi connectivity index (χ2v) is 2.59. The van der Waals surface area contributed by atoms with Gasteiger partial charge < -0.3 is 4.74 Å². The molecule has 1 amide bonds. The van der Waals surface area contributed by atoms with Crippen LogP contribution in [0.15, 0.2) is 16.1 Å². The van der Waals surface area contributed by atoms with Crippen LogP contribution in [0.2, 0.25) is 0 Å². The maximum Gasteiger partial charge on any atom is 0.322 e. The number of aliphatic imine (C=N–C) groups is 1. The van der Waals surface area contributed by atoms with Gasteiger partial charge in [0.2, 0.25) is 0 Å². The number of carbonyl (C=O) groups excluding carboxylic acids is 2. The fourth-order valence-electron chi connectivity index (χ4n) is 0.775. The molecule has 0 bridgehead atoms. The number of ether oxygens (including phenoxy) is 1. The zero-order valence-electron chi connectivity index (χ0n) is 6.28. The van der Waals surface area contributed by atoms with Gasteiger partial charge in [-0.05, 0) is 6.08 Å². The topological polar surface area (TPSA) is 55.7 Å². The van der Waals surface area contributed by atoms with Crippen LogP contribution in [0, 0.1) is 5.92 Å². The molecule has 0 spiro atoms. The van der Waals surface area contributed by atoms with Crippen molar-refractivity contribution in [2.75, 3.05) is 7.11 Å². The van der Waals surface area contributed by atoms with Gasteiger partial charge in [0.05, 0.1) is 12.1 Å². The van der Waals surface area contributed by atoms with E-state index in [1.54, 1.807) is 0 Å². The number of carbonyl (C=O) groups is 2. The first-order chi connectivity index (χ1) is 5.65. The van der Waals surface area contributed by atoms with Crippen LogP contribution in [0.25, 0.3) is 0 Å². The molecule has 0 N–H and O–H groups in total. The first-order valence-corrected chi connectivity index (χ1v) is 3.56. The van der Waals surface area contributed by atoms with Crippen molar-refractivity contribution in [3.8, 4) is 0 Å². The summed E-state index contributed by atoms with van der Waals surface area (Å²) in [6.45, 7) is 0. The predicted molar refractivity (Wildman–Crippen MR) is 42.9 cm³/mol. The molecular weight excluding hydrogens is 182 g/mol. The third-order valence-electron chi connectivity index (χ3n) is 1.36. The molecule has 1 atom stereocenters. The van der Waals surface area contributed by atoms with Crippen LogP contribution in [0.3, 0.4) is 0 Å². The normalized spacial score (nSPS) is 22.0. The van der Waals surface area contributed by atoms with Crippen molar-refractivity contribution in [3.63, 3.8) is 0 Å². The fourth-order valence-corrected chi connectivity index (χ4v) is 0.950. The van der Waals surface area contributed by atoms with Gasteiger partial charge in [-0.15, -0.1) is 0 Å². The van der Waals surface area contributed by atoms with E-state index in [-0.39, 0.29) is 5.03 Å². The van der Waals surface area contributed by atoms with Gasteiger partial charge in [-0.1, -0.05) is 11.6 Å². The van der Waals surface area contributed by atoms with Gasteiger partial charge in [0.15, 0.2) is 5.92 Å². The standard InChI is InChI=1S/C7H6ClNO3/c1-12-7(11)5-2-4(8)3-9-6(5)10/h2-3,5H,1H3. The smallest absolute Gasteiger partial charge is 0.322 e. The van der Waals surface area contributed by atoms with Gasteiger partial charge in [-0.25, -0.2) is 4.99 Å². The molecule has 1 aliphatic heterocycles. The van der Waals surface area contributed by atoms with E-state index >= 15 is 0 Å². The zero-order chi connectivity index (χ0) is 9.14. The van der Waals surface area contributed by atoms with Crippen LogP contribution in [0.4, 0.5) is 0 Å². The molecule has 12 heavy (non-hydrogen) atoms. The van der Waals surface area contributed by atoms with Gasteiger partial charge >= 0.3 is 5.97 Å². The summed E-state index contributed by atoms with van der Waals surface area (Å²) < 4.78 is 4.37. The van der Waals surface area contributed by atoms with Crippen LogP contribution >= 0.6 is 11.6 Å². The summed E-state index contributed by atoms with van der Waals surface area (Å²) in [4.78, 5) is 25.2. The van der Waals surface area contributed by atoms with Gasteiger partial charge in [-0.2, -0.15) is 0 Å². The lowest BCUT2D eigenvalue weighted by Crippen LogP contribution is -2.24. The summed E-state index contributed by atoms with van der Waals surface area (Å²) in [5.41, 5.74) is 0. The lowest BCUT2D eigenvalue weighted by atomic mass is 10.1. The number of halogens is 1. The van der Waals surface area contributed by atoms with Crippen LogP contribution < -0.4 is 0 Å². The Morgan fingerprint density at radius 3 is 3.00 bits per heavy atom. The van der Waals surface area contributed by atoms with Crippen LogP contribution in [0.1, 0.15) is 0 Å². The lowest BCUT2D eigenvalue weighted by molar-refractivity contribution is -0.147. The number of amides is 1. The van der Waals surface area contributed by atoms with E-state index in [1.807, 2.05) is 0 Å². The number of dihydropyridines is 1. The lowest BCUT2D eigenvalue weighted by Gasteiger charge is -2.08. The van der Waals surface area contributed by atoms with E-state index in [0.717, 1.165) is 0 Å². The summed E-state index contributed by atoms with van der Waals surface area (Å²) in [6, 6.07) is 0. The maximum absolute atomic E-state index is 10.9. The first kappa shape index (κ1) is 8.93. The summed E-state index contributed by atoms with van der Waals surface area (Å²) in [6.07, 6.45) is 2.51.